The van der Waals surface area contributed by atoms with Gasteiger partial charge in [-0.1, -0.05) is 83.3 Å². The third-order valence-electron chi connectivity index (χ3n) is 10.9. The number of halogens is 2. The summed E-state index contributed by atoms with van der Waals surface area (Å²) < 4.78 is 33.0. The van der Waals surface area contributed by atoms with Gasteiger partial charge in [-0.2, -0.15) is 0 Å². The van der Waals surface area contributed by atoms with E-state index in [2.05, 4.69) is 75.9 Å². The van der Waals surface area contributed by atoms with E-state index >= 15 is 8.78 Å². The molecule has 1 aromatic heterocycles. The lowest BCUT2D eigenvalue weighted by Gasteiger charge is -2.36. The number of nitrogens with one attached hydrogen (secondary N) is 1. The second-order valence-electron chi connectivity index (χ2n) is 14.3. The highest BCUT2D eigenvalue weighted by Crippen LogP contribution is 2.38. The van der Waals surface area contributed by atoms with Crippen molar-refractivity contribution < 1.29 is 14.0 Å². The van der Waals surface area contributed by atoms with Crippen molar-refractivity contribution in [2.45, 2.75) is 111 Å². The Labute approximate surface area is 286 Å². The molecule has 0 saturated heterocycles. The summed E-state index contributed by atoms with van der Waals surface area (Å²) in [7, 11) is 2.28. The molecule has 48 heavy (non-hydrogen) atoms. The summed E-state index contributed by atoms with van der Waals surface area (Å²) in [5, 5.41) is 11.3. The van der Waals surface area contributed by atoms with Gasteiger partial charge in [0.15, 0.2) is 5.82 Å². The van der Waals surface area contributed by atoms with Gasteiger partial charge in [0.2, 0.25) is 0 Å². The highest BCUT2D eigenvalue weighted by Gasteiger charge is 2.27. The fraction of sp³-hybridized carbons (Fsp3) is 0.537. The van der Waals surface area contributed by atoms with Crippen molar-refractivity contribution in [2.24, 2.45) is 28.7 Å². The lowest BCUT2D eigenvalue weighted by molar-refractivity contribution is 0.232. The van der Waals surface area contributed by atoms with Gasteiger partial charge in [0, 0.05) is 70.9 Å². The summed E-state index contributed by atoms with van der Waals surface area (Å²) in [6.45, 7) is 11.1. The number of rotatable bonds is 14. The third kappa shape index (κ3) is 8.05. The Morgan fingerprint density at radius 1 is 1.08 bits per heavy atom. The Hall–Kier alpha value is -3.45. The Morgan fingerprint density at radius 3 is 2.54 bits per heavy atom. The standard InChI is InChI=1S/C41H56F2N4O/c1-7-12-33(18-17-29(8-2)22-30-15-16-30)46(6)38-13-10-11-14-39-34(23-31(38)9-3)35(32-21-27(4)28(5)24-44-25-32)26-47(39)41-36(42)19-20-37(45-48)40(41)43/h13-14,19-21,23-26,28-31,33,45,48H,7-12,15-18,22H2,1-6H3/b34-23-,38-13-,39-14+. The van der Waals surface area contributed by atoms with Crippen molar-refractivity contribution in [3.05, 3.63) is 75.7 Å². The van der Waals surface area contributed by atoms with Gasteiger partial charge in [0.25, 0.3) is 0 Å². The minimum absolute atomic E-state index is 0.113. The summed E-state index contributed by atoms with van der Waals surface area (Å²) in [6.07, 6.45) is 27.3. The maximum Gasteiger partial charge on any atom is 0.175 e. The van der Waals surface area contributed by atoms with Crippen molar-refractivity contribution in [1.82, 2.24) is 9.47 Å². The molecule has 2 N–H and O–H groups in total. The first kappa shape index (κ1) is 35.8. The number of allylic oxidation sites excluding steroid dienone is 5. The molecule has 7 heteroatoms. The second-order valence-corrected chi connectivity index (χ2v) is 14.3. The quantitative estimate of drug-likeness (QED) is 0.199. The molecule has 1 aromatic carbocycles. The van der Waals surface area contributed by atoms with Crippen LogP contribution in [-0.4, -0.2) is 34.0 Å². The summed E-state index contributed by atoms with van der Waals surface area (Å²) in [4.78, 5) is 7.19. The molecular formula is C41H56F2N4O. The zero-order valence-electron chi connectivity index (χ0n) is 29.9. The van der Waals surface area contributed by atoms with Gasteiger partial charge in [-0.25, -0.2) is 8.78 Å². The molecule has 4 unspecified atom stereocenters. The van der Waals surface area contributed by atoms with E-state index in [4.69, 9.17) is 0 Å². The predicted octanol–water partition coefficient (Wildman–Crippen LogP) is 9.54. The highest BCUT2D eigenvalue weighted by molar-refractivity contribution is 5.80. The molecule has 2 heterocycles. The van der Waals surface area contributed by atoms with Crippen molar-refractivity contribution in [3.63, 3.8) is 0 Å². The monoisotopic (exact) mass is 658 g/mol. The molecular weight excluding hydrogens is 602 g/mol. The van der Waals surface area contributed by atoms with Crippen molar-refractivity contribution in [3.8, 4) is 5.69 Å². The smallest absolute Gasteiger partial charge is 0.175 e. The topological polar surface area (TPSA) is 52.8 Å². The van der Waals surface area contributed by atoms with E-state index in [1.165, 1.54) is 61.9 Å². The molecule has 2 aromatic rings. The van der Waals surface area contributed by atoms with E-state index in [9.17, 15) is 5.21 Å². The van der Waals surface area contributed by atoms with Gasteiger partial charge in [0.05, 0.1) is 5.69 Å². The van der Waals surface area contributed by atoms with Crippen LogP contribution in [0.4, 0.5) is 14.5 Å². The molecule has 0 radical (unpaired) electrons. The summed E-state index contributed by atoms with van der Waals surface area (Å²) >= 11 is 0. The van der Waals surface area contributed by atoms with Crippen LogP contribution >= 0.6 is 0 Å². The van der Waals surface area contributed by atoms with Gasteiger partial charge in [-0.05, 0) is 75.8 Å². The molecule has 1 saturated carbocycles. The van der Waals surface area contributed by atoms with Crippen LogP contribution in [0.1, 0.15) is 111 Å². The fourth-order valence-corrected chi connectivity index (χ4v) is 7.55. The first-order chi connectivity index (χ1) is 23.2. The van der Waals surface area contributed by atoms with Crippen LogP contribution in [0.2, 0.25) is 0 Å². The number of hydrogen-bond acceptors (Lipinski definition) is 4. The molecule has 1 aliphatic heterocycles. The van der Waals surface area contributed by atoms with E-state index in [0.29, 0.717) is 6.04 Å². The van der Waals surface area contributed by atoms with Crippen molar-refractivity contribution in [1.29, 1.82) is 0 Å². The first-order valence-corrected chi connectivity index (χ1v) is 18.4. The maximum atomic E-state index is 15.8. The van der Waals surface area contributed by atoms with Crippen LogP contribution in [0.3, 0.4) is 0 Å². The van der Waals surface area contributed by atoms with Crippen LogP contribution in [-0.2, 0) is 0 Å². The summed E-state index contributed by atoms with van der Waals surface area (Å²) in [5.41, 5.74) is 5.79. The van der Waals surface area contributed by atoms with E-state index in [0.717, 1.165) is 65.6 Å². The molecule has 260 valence electrons. The van der Waals surface area contributed by atoms with Gasteiger partial charge in [-0.15, -0.1) is 0 Å². The number of fused-ring (bicyclic) bond motifs is 1. The molecule has 3 aliphatic rings. The van der Waals surface area contributed by atoms with Crippen LogP contribution in [0.15, 0.2) is 52.9 Å². The van der Waals surface area contributed by atoms with E-state index in [1.54, 1.807) is 4.57 Å². The Balaban J connectivity index is 1.63. The molecule has 5 nitrogen and oxygen atoms in total. The zero-order valence-corrected chi connectivity index (χ0v) is 29.9. The van der Waals surface area contributed by atoms with Crippen LogP contribution in [0.5, 0.6) is 0 Å². The molecule has 1 fully saturated rings. The van der Waals surface area contributed by atoms with Crippen molar-refractivity contribution in [2.75, 3.05) is 12.5 Å². The zero-order chi connectivity index (χ0) is 34.4. The minimum Gasteiger partial charge on any atom is -0.375 e. The molecule has 5 rings (SSSR count). The summed E-state index contributed by atoms with van der Waals surface area (Å²) in [5.74, 6) is 0.522. The average Bonchev–Trinajstić information content (AvgIpc) is 3.84. The number of aromatic nitrogens is 1. The van der Waals surface area contributed by atoms with Crippen molar-refractivity contribution >= 4 is 29.6 Å². The number of nitrogens with zero attached hydrogens (tertiary/aromatic N) is 3. The van der Waals surface area contributed by atoms with Gasteiger partial charge >= 0.3 is 0 Å². The Morgan fingerprint density at radius 2 is 1.85 bits per heavy atom. The molecule has 4 atom stereocenters. The third-order valence-corrected chi connectivity index (χ3v) is 10.9. The lowest BCUT2D eigenvalue weighted by atomic mass is 9.89. The second kappa shape index (κ2) is 16.3. The lowest BCUT2D eigenvalue weighted by Crippen LogP contribution is -2.35. The van der Waals surface area contributed by atoms with Gasteiger partial charge in [-0.3, -0.25) is 15.7 Å². The number of aliphatic imine (C=N–C) groups is 1. The average molecular weight is 659 g/mol. The first-order valence-electron chi connectivity index (χ1n) is 18.4. The maximum absolute atomic E-state index is 15.8. The largest absolute Gasteiger partial charge is 0.375 e. The minimum atomic E-state index is -0.844. The molecule has 2 aliphatic carbocycles. The Bertz CT molecular complexity index is 1680. The Kier molecular flexibility index (Phi) is 12.2. The predicted molar refractivity (Wildman–Crippen MR) is 197 cm³/mol. The number of anilines is 1. The fourth-order valence-electron chi connectivity index (χ4n) is 7.55. The van der Waals surface area contributed by atoms with E-state index < -0.39 is 11.6 Å². The summed E-state index contributed by atoms with van der Waals surface area (Å²) in [6, 6.07) is 2.86. The van der Waals surface area contributed by atoms with Gasteiger partial charge in [0.1, 0.15) is 11.5 Å². The molecule has 0 amide bonds. The van der Waals surface area contributed by atoms with E-state index in [1.807, 2.05) is 24.1 Å². The van der Waals surface area contributed by atoms with E-state index in [-0.39, 0.29) is 23.2 Å². The number of benzene rings is 1. The highest BCUT2D eigenvalue weighted by atomic mass is 19.1. The van der Waals surface area contributed by atoms with Crippen LogP contribution in [0, 0.1) is 35.3 Å². The normalized spacial score (nSPS) is 23.3. The molecule has 0 bridgehead atoms. The molecule has 0 spiro atoms. The van der Waals surface area contributed by atoms with Gasteiger partial charge < -0.3 is 9.47 Å². The van der Waals surface area contributed by atoms with Crippen LogP contribution < -0.4 is 16.0 Å². The SMILES string of the molecule is CCCC(CCC(CC)CC1CC1)N(C)/C1=C\CC/C=c2\c(c(C3=CN=CC(C)C(C)=C3)cn2-c2c(F)ccc(NO)c2F)=C/C1CC. The number of hydrogen-bond donors (Lipinski definition) is 2. The van der Waals surface area contributed by atoms with Crippen LogP contribution in [0.25, 0.3) is 23.4 Å².